The average Bonchev–Trinajstić information content (AvgIpc) is 2.29. The van der Waals surface area contributed by atoms with Crippen molar-refractivity contribution in [3.05, 3.63) is 28.2 Å². The van der Waals surface area contributed by atoms with Gasteiger partial charge in [-0.05, 0) is 40.5 Å². The van der Waals surface area contributed by atoms with Crippen LogP contribution < -0.4 is 11.1 Å². The van der Waals surface area contributed by atoms with Gasteiger partial charge in [0.15, 0.2) is 5.84 Å². The fourth-order valence-corrected chi connectivity index (χ4v) is 2.07. The molecule has 0 saturated carbocycles. The first-order chi connectivity index (χ1) is 8.75. The van der Waals surface area contributed by atoms with Crippen molar-refractivity contribution in [2.75, 3.05) is 11.9 Å². The normalized spacial score (nSPS) is 14.3. The summed E-state index contributed by atoms with van der Waals surface area (Å²) in [6, 6.07) is 5.19. The molecule has 106 valence electrons. The maximum atomic E-state index is 12.7. The second-order valence-electron chi connectivity index (χ2n) is 3.98. The minimum Gasteiger partial charge on any atom is -0.409 e. The molecule has 1 aromatic carbocycles. The summed E-state index contributed by atoms with van der Waals surface area (Å²) in [7, 11) is 0. The smallest absolute Gasteiger partial charge is 0.400 e. The molecule has 4 nitrogen and oxygen atoms in total. The molecule has 1 rings (SSSR count). The molecule has 0 bridgehead atoms. The van der Waals surface area contributed by atoms with E-state index >= 15 is 0 Å². The molecule has 0 radical (unpaired) electrons. The van der Waals surface area contributed by atoms with Gasteiger partial charge in [0.2, 0.25) is 0 Å². The van der Waals surface area contributed by atoms with E-state index in [9.17, 15) is 13.2 Å². The number of halogens is 4. The molecule has 1 aromatic rings. The van der Waals surface area contributed by atoms with Gasteiger partial charge in [0.25, 0.3) is 0 Å². The van der Waals surface area contributed by atoms with Gasteiger partial charge in [-0.2, -0.15) is 13.2 Å². The topological polar surface area (TPSA) is 70.6 Å². The highest BCUT2D eigenvalue weighted by atomic mass is 79.9. The predicted octanol–water partition coefficient (Wildman–Crippen LogP) is 3.09. The van der Waals surface area contributed by atoms with Crippen molar-refractivity contribution in [1.82, 2.24) is 0 Å². The highest BCUT2D eigenvalue weighted by Crippen LogP contribution is 2.28. The fraction of sp³-hybridized carbons (Fsp3) is 0.364. The number of nitrogens with zero attached hydrogens (tertiary/aromatic N) is 1. The number of oxime groups is 1. The van der Waals surface area contributed by atoms with Gasteiger partial charge < -0.3 is 16.3 Å². The molecule has 8 heteroatoms. The lowest BCUT2D eigenvalue weighted by molar-refractivity contribution is -0.152. The summed E-state index contributed by atoms with van der Waals surface area (Å²) in [4.78, 5) is 0. The second-order valence-corrected chi connectivity index (χ2v) is 4.84. The molecule has 0 amide bonds. The number of benzene rings is 1. The zero-order valence-corrected chi connectivity index (χ0v) is 11.6. The summed E-state index contributed by atoms with van der Waals surface area (Å²) in [5, 5.41) is 13.4. The third-order valence-corrected chi connectivity index (χ3v) is 3.14. The van der Waals surface area contributed by atoms with Gasteiger partial charge in [-0.15, -0.1) is 0 Å². The number of aryl methyl sites for hydroxylation is 1. The van der Waals surface area contributed by atoms with Crippen LogP contribution in [-0.2, 0) is 0 Å². The molecule has 0 spiro atoms. The van der Waals surface area contributed by atoms with Crippen molar-refractivity contribution in [2.24, 2.45) is 16.8 Å². The van der Waals surface area contributed by atoms with E-state index in [1.165, 1.54) is 0 Å². The van der Waals surface area contributed by atoms with E-state index in [0.717, 1.165) is 5.56 Å². The molecule has 0 aliphatic rings. The molecule has 0 aliphatic heterocycles. The van der Waals surface area contributed by atoms with Crippen molar-refractivity contribution in [2.45, 2.75) is 13.1 Å². The van der Waals surface area contributed by atoms with Crippen LogP contribution in [0.15, 0.2) is 27.8 Å². The third kappa shape index (κ3) is 4.30. The first-order valence-corrected chi connectivity index (χ1v) is 6.09. The molecule has 0 saturated heterocycles. The lowest BCUT2D eigenvalue weighted by Crippen LogP contribution is -2.40. The van der Waals surface area contributed by atoms with Gasteiger partial charge in [-0.3, -0.25) is 0 Å². The Morgan fingerprint density at radius 1 is 1.53 bits per heavy atom. The van der Waals surface area contributed by atoms with E-state index in [2.05, 4.69) is 26.4 Å². The Bertz CT molecular complexity index is 477. The average molecular weight is 340 g/mol. The van der Waals surface area contributed by atoms with Crippen molar-refractivity contribution in [3.8, 4) is 0 Å². The van der Waals surface area contributed by atoms with Crippen LogP contribution in [0.5, 0.6) is 0 Å². The van der Waals surface area contributed by atoms with Gasteiger partial charge >= 0.3 is 6.18 Å². The number of amidine groups is 1. The molecule has 0 aromatic heterocycles. The Balaban J connectivity index is 2.82. The molecule has 19 heavy (non-hydrogen) atoms. The van der Waals surface area contributed by atoms with Crippen LogP contribution in [0.2, 0.25) is 0 Å². The van der Waals surface area contributed by atoms with E-state index in [1.54, 1.807) is 18.2 Å². The van der Waals surface area contributed by atoms with E-state index in [0.29, 0.717) is 10.2 Å². The molecule has 4 N–H and O–H groups in total. The van der Waals surface area contributed by atoms with Crippen LogP contribution in [-0.4, -0.2) is 23.8 Å². The van der Waals surface area contributed by atoms with Gasteiger partial charge in [-0.1, -0.05) is 11.2 Å². The zero-order chi connectivity index (χ0) is 14.6. The second kappa shape index (κ2) is 6.14. The highest BCUT2D eigenvalue weighted by Gasteiger charge is 2.42. The number of anilines is 1. The monoisotopic (exact) mass is 339 g/mol. The third-order valence-electron chi connectivity index (χ3n) is 2.49. The Hall–Kier alpha value is -1.44. The van der Waals surface area contributed by atoms with E-state index in [-0.39, 0.29) is 0 Å². The molecule has 0 heterocycles. The van der Waals surface area contributed by atoms with Crippen molar-refractivity contribution in [3.63, 3.8) is 0 Å². The SMILES string of the molecule is Cc1ccc(NCC(/C(N)=N/O)C(F)(F)F)c(Br)c1. The first kappa shape index (κ1) is 15.6. The van der Waals surface area contributed by atoms with Gasteiger partial charge in [0.05, 0.1) is 0 Å². The molecule has 0 fully saturated rings. The first-order valence-electron chi connectivity index (χ1n) is 5.30. The van der Waals surface area contributed by atoms with Gasteiger partial charge in [0, 0.05) is 16.7 Å². The van der Waals surface area contributed by atoms with Gasteiger partial charge in [-0.25, -0.2) is 0 Å². The predicted molar refractivity (Wildman–Crippen MR) is 70.3 cm³/mol. The van der Waals surface area contributed by atoms with E-state index in [1.807, 2.05) is 6.92 Å². The number of hydrogen-bond acceptors (Lipinski definition) is 3. The zero-order valence-electron chi connectivity index (χ0n) is 10.0. The van der Waals surface area contributed by atoms with Crippen molar-refractivity contribution >= 4 is 27.5 Å². The van der Waals surface area contributed by atoms with Crippen LogP contribution in [0.3, 0.4) is 0 Å². The van der Waals surface area contributed by atoms with E-state index in [4.69, 9.17) is 10.9 Å². The minimum absolute atomic E-state index is 0.505. The molecule has 1 unspecified atom stereocenters. The summed E-state index contributed by atoms with van der Waals surface area (Å²) < 4.78 is 38.7. The summed E-state index contributed by atoms with van der Waals surface area (Å²) in [5.74, 6) is -2.92. The van der Waals surface area contributed by atoms with Crippen molar-refractivity contribution < 1.29 is 18.4 Å². The van der Waals surface area contributed by atoms with E-state index < -0.39 is 24.5 Å². The van der Waals surface area contributed by atoms with Crippen LogP contribution in [0, 0.1) is 12.8 Å². The number of alkyl halides is 3. The molecule has 1 atom stereocenters. The lowest BCUT2D eigenvalue weighted by atomic mass is 10.1. The number of nitrogens with one attached hydrogen (secondary N) is 1. The minimum atomic E-state index is -4.58. The fourth-order valence-electron chi connectivity index (χ4n) is 1.43. The Labute approximate surface area is 116 Å². The quantitative estimate of drug-likeness (QED) is 0.341. The molecule has 0 aliphatic carbocycles. The standard InChI is InChI=1S/C11H13BrF3N3O/c1-6-2-3-9(8(12)4-6)17-5-7(10(16)18-19)11(13,14)15/h2-4,7,17,19H,5H2,1H3,(H2,16,18). The molecular formula is C11H13BrF3N3O. The van der Waals surface area contributed by atoms with Crippen LogP contribution in [0.4, 0.5) is 18.9 Å². The number of nitrogens with two attached hydrogens (primary N) is 1. The maximum Gasteiger partial charge on any atom is 0.400 e. The Morgan fingerprint density at radius 3 is 2.63 bits per heavy atom. The highest BCUT2D eigenvalue weighted by molar-refractivity contribution is 9.10. The largest absolute Gasteiger partial charge is 0.409 e. The summed E-state index contributed by atoms with van der Waals surface area (Å²) >= 11 is 3.25. The van der Waals surface area contributed by atoms with Crippen molar-refractivity contribution in [1.29, 1.82) is 0 Å². The van der Waals surface area contributed by atoms with Crippen LogP contribution >= 0.6 is 15.9 Å². The Morgan fingerprint density at radius 2 is 2.16 bits per heavy atom. The number of rotatable bonds is 4. The number of hydrogen-bond donors (Lipinski definition) is 3. The lowest BCUT2D eigenvalue weighted by Gasteiger charge is -2.20. The summed E-state index contributed by atoms with van der Waals surface area (Å²) in [6.07, 6.45) is -4.58. The summed E-state index contributed by atoms with van der Waals surface area (Å²) in [6.45, 7) is 1.35. The van der Waals surface area contributed by atoms with Gasteiger partial charge in [0.1, 0.15) is 5.92 Å². The molecular weight excluding hydrogens is 327 g/mol. The maximum absolute atomic E-state index is 12.7. The Kier molecular flexibility index (Phi) is 5.04. The summed E-state index contributed by atoms with van der Waals surface area (Å²) in [5.41, 5.74) is 6.54. The van der Waals surface area contributed by atoms with Crippen LogP contribution in [0.1, 0.15) is 5.56 Å². The van der Waals surface area contributed by atoms with Crippen LogP contribution in [0.25, 0.3) is 0 Å².